The molecule has 4 aromatic rings. The van der Waals surface area contributed by atoms with E-state index in [0.717, 1.165) is 42.7 Å². The molecule has 1 atom stereocenters. The number of ether oxygens (including phenoxy) is 1. The maximum atomic E-state index is 13.5. The summed E-state index contributed by atoms with van der Waals surface area (Å²) < 4.78 is 22.1. The third kappa shape index (κ3) is 7.62. The van der Waals surface area contributed by atoms with E-state index in [1.807, 2.05) is 65.6 Å². The van der Waals surface area contributed by atoms with E-state index in [-0.39, 0.29) is 11.8 Å². The Bertz CT molecular complexity index is 1590. The molecule has 0 saturated carbocycles. The van der Waals surface area contributed by atoms with Gasteiger partial charge in [0.2, 0.25) is 4.90 Å². The first-order valence-corrected chi connectivity index (χ1v) is 15.6. The lowest BCUT2D eigenvalue weighted by Crippen LogP contribution is -2.28. The molecule has 8 nitrogen and oxygen atoms in total. The van der Waals surface area contributed by atoms with Crippen LogP contribution in [-0.2, 0) is 11.4 Å². The van der Waals surface area contributed by atoms with Crippen molar-refractivity contribution in [1.82, 2.24) is 10.2 Å². The number of rotatable bonds is 11. The fourth-order valence-corrected chi connectivity index (χ4v) is 6.15. The van der Waals surface area contributed by atoms with Crippen LogP contribution < -0.4 is 20.1 Å². The van der Waals surface area contributed by atoms with Crippen molar-refractivity contribution in [2.45, 2.75) is 17.7 Å². The van der Waals surface area contributed by atoms with Gasteiger partial charge in [0.05, 0.1) is 23.4 Å². The van der Waals surface area contributed by atoms with Gasteiger partial charge in [-0.05, 0) is 72.5 Å². The largest absolute Gasteiger partial charge is 0.588 e. The Morgan fingerprint density at radius 1 is 0.884 bits per heavy atom. The fraction of sp³-hybridized carbons (Fsp3) is 0.212. The van der Waals surface area contributed by atoms with Gasteiger partial charge in [0.25, 0.3) is 11.8 Å². The molecule has 1 aliphatic heterocycles. The van der Waals surface area contributed by atoms with Crippen molar-refractivity contribution in [3.05, 3.63) is 107 Å². The lowest BCUT2D eigenvalue weighted by atomic mass is 10.0. The third-order valence-corrected chi connectivity index (χ3v) is 8.60. The lowest BCUT2D eigenvalue weighted by Gasteiger charge is -2.17. The standard InChI is InChI=1S/C33H33ClN4O4S/c1-42-30-15-14-24(23-8-6-9-25(20-23)33(40)38-18-4-5-19-38)21-31(30)43(41)37-27-11-7-10-26(22-27)35-16-17-36-32(39)28-12-2-3-13-29(28)34/h2-3,6-15,20-22,35,37H,4-5,16-19H2,1H3,(H,36,39). The SMILES string of the molecule is COc1ccc(-c2cccc(C(=O)N3CCCC3)c2)cc1[S+]([O-])Nc1cccc(NCCNC(=O)c2ccccc2Cl)c1. The average molecular weight is 617 g/mol. The van der Waals surface area contributed by atoms with Gasteiger partial charge in [-0.3, -0.25) is 9.59 Å². The second-order valence-corrected chi connectivity index (χ2v) is 11.6. The van der Waals surface area contributed by atoms with Gasteiger partial charge in [0, 0.05) is 43.5 Å². The Kier molecular flexibility index (Phi) is 10.1. The van der Waals surface area contributed by atoms with Gasteiger partial charge in [0.15, 0.2) is 5.75 Å². The number of hydrogen-bond acceptors (Lipinski definition) is 6. The average Bonchev–Trinajstić information content (AvgIpc) is 3.58. The monoisotopic (exact) mass is 616 g/mol. The van der Waals surface area contributed by atoms with Crippen LogP contribution in [0.15, 0.2) is 95.9 Å². The Morgan fingerprint density at radius 2 is 1.63 bits per heavy atom. The Labute approximate surface area is 259 Å². The summed E-state index contributed by atoms with van der Waals surface area (Å²) in [7, 11) is 1.54. The predicted octanol–water partition coefficient (Wildman–Crippen LogP) is 6.23. The highest BCUT2D eigenvalue weighted by atomic mass is 35.5. The van der Waals surface area contributed by atoms with E-state index >= 15 is 0 Å². The molecule has 0 spiro atoms. The highest BCUT2D eigenvalue weighted by Crippen LogP contribution is 2.32. The topological polar surface area (TPSA) is 106 Å². The molecule has 0 bridgehead atoms. The van der Waals surface area contributed by atoms with Gasteiger partial charge in [-0.1, -0.05) is 48.0 Å². The number of likely N-dealkylation sites (tertiary alicyclic amines) is 1. The van der Waals surface area contributed by atoms with E-state index < -0.39 is 11.4 Å². The molecule has 10 heteroatoms. The molecule has 0 aromatic heterocycles. The lowest BCUT2D eigenvalue weighted by molar-refractivity contribution is 0.0792. The smallest absolute Gasteiger partial charge is 0.253 e. The molecule has 2 amide bonds. The van der Waals surface area contributed by atoms with E-state index in [2.05, 4.69) is 15.4 Å². The van der Waals surface area contributed by atoms with Gasteiger partial charge >= 0.3 is 0 Å². The minimum absolute atomic E-state index is 0.0368. The highest BCUT2D eigenvalue weighted by molar-refractivity contribution is 7.92. The fourth-order valence-electron chi connectivity index (χ4n) is 4.91. The summed E-state index contributed by atoms with van der Waals surface area (Å²) in [6, 6.07) is 27.4. The van der Waals surface area contributed by atoms with E-state index in [4.69, 9.17) is 16.3 Å². The van der Waals surface area contributed by atoms with Gasteiger partial charge in [-0.15, -0.1) is 0 Å². The van der Waals surface area contributed by atoms with Crippen LogP contribution in [0.5, 0.6) is 5.75 Å². The van der Waals surface area contributed by atoms with Crippen LogP contribution in [0.1, 0.15) is 33.6 Å². The maximum Gasteiger partial charge on any atom is 0.253 e. The maximum absolute atomic E-state index is 13.5. The molecule has 1 saturated heterocycles. The summed E-state index contributed by atoms with van der Waals surface area (Å²) in [5.74, 6) is 0.288. The van der Waals surface area contributed by atoms with Crippen LogP contribution in [0, 0.1) is 0 Å². The quantitative estimate of drug-likeness (QED) is 0.136. The summed E-state index contributed by atoms with van der Waals surface area (Å²) in [6.45, 7) is 2.45. The number of methoxy groups -OCH3 is 1. The van der Waals surface area contributed by atoms with Crippen LogP contribution in [0.3, 0.4) is 0 Å². The number of nitrogens with zero attached hydrogens (tertiary/aromatic N) is 1. The molecule has 1 fully saturated rings. The molecule has 1 unspecified atom stereocenters. The van der Waals surface area contributed by atoms with Crippen molar-refractivity contribution in [3.63, 3.8) is 0 Å². The van der Waals surface area contributed by atoms with Crippen molar-refractivity contribution in [3.8, 4) is 16.9 Å². The molecular formula is C33H33ClN4O4S. The zero-order valence-corrected chi connectivity index (χ0v) is 25.3. The highest BCUT2D eigenvalue weighted by Gasteiger charge is 2.22. The van der Waals surface area contributed by atoms with Crippen molar-refractivity contribution < 1.29 is 18.9 Å². The van der Waals surface area contributed by atoms with Gasteiger partial charge in [0.1, 0.15) is 11.4 Å². The van der Waals surface area contributed by atoms with Crippen LogP contribution in [0.25, 0.3) is 11.1 Å². The number of halogens is 1. The van der Waals surface area contributed by atoms with Crippen molar-refractivity contribution in [1.29, 1.82) is 0 Å². The van der Waals surface area contributed by atoms with E-state index in [0.29, 0.717) is 45.6 Å². The second kappa shape index (κ2) is 14.3. The number of hydrogen-bond donors (Lipinski definition) is 3. The number of nitrogens with one attached hydrogen (secondary N) is 3. The van der Waals surface area contributed by atoms with Crippen molar-refractivity contribution in [2.24, 2.45) is 0 Å². The number of amides is 2. The van der Waals surface area contributed by atoms with E-state index in [1.165, 1.54) is 0 Å². The Morgan fingerprint density at radius 3 is 2.42 bits per heavy atom. The summed E-state index contributed by atoms with van der Waals surface area (Å²) in [5, 5.41) is 6.52. The zero-order valence-electron chi connectivity index (χ0n) is 23.8. The molecule has 4 aromatic carbocycles. The summed E-state index contributed by atoms with van der Waals surface area (Å²) in [5.41, 5.74) is 4.21. The predicted molar refractivity (Wildman–Crippen MR) is 172 cm³/mol. The summed E-state index contributed by atoms with van der Waals surface area (Å²) in [4.78, 5) is 27.7. The Balaban J connectivity index is 1.23. The Hall–Kier alpha value is -4.18. The number of carbonyl (C=O) groups excluding carboxylic acids is 2. The number of carbonyl (C=O) groups is 2. The molecule has 3 N–H and O–H groups in total. The molecule has 5 rings (SSSR count). The van der Waals surface area contributed by atoms with E-state index in [1.54, 1.807) is 37.4 Å². The van der Waals surface area contributed by atoms with Crippen LogP contribution in [0.4, 0.5) is 11.4 Å². The van der Waals surface area contributed by atoms with Crippen LogP contribution in [-0.4, -0.2) is 54.6 Å². The molecule has 0 radical (unpaired) electrons. The molecule has 0 aliphatic carbocycles. The minimum atomic E-state index is -1.64. The third-order valence-electron chi connectivity index (χ3n) is 7.13. The van der Waals surface area contributed by atoms with Crippen LogP contribution >= 0.6 is 11.6 Å². The first-order chi connectivity index (χ1) is 20.9. The zero-order chi connectivity index (χ0) is 30.2. The first-order valence-electron chi connectivity index (χ1n) is 14.1. The molecule has 1 aliphatic rings. The van der Waals surface area contributed by atoms with Gasteiger partial charge in [-0.2, -0.15) is 0 Å². The minimum Gasteiger partial charge on any atom is -0.588 e. The molecular weight excluding hydrogens is 584 g/mol. The number of benzene rings is 4. The van der Waals surface area contributed by atoms with Crippen LogP contribution in [0.2, 0.25) is 5.02 Å². The molecule has 222 valence electrons. The second-order valence-electron chi connectivity index (χ2n) is 10.1. The first kappa shape index (κ1) is 30.3. The normalized spacial score (nSPS) is 13.3. The molecule has 1 heterocycles. The van der Waals surface area contributed by atoms with Crippen molar-refractivity contribution >= 4 is 46.2 Å². The summed E-state index contributed by atoms with van der Waals surface area (Å²) in [6.07, 6.45) is 2.07. The van der Waals surface area contributed by atoms with Gasteiger partial charge in [-0.25, -0.2) is 4.72 Å². The van der Waals surface area contributed by atoms with E-state index in [9.17, 15) is 14.1 Å². The summed E-state index contributed by atoms with van der Waals surface area (Å²) >= 11 is 4.46. The number of anilines is 2. The van der Waals surface area contributed by atoms with Gasteiger partial charge < -0.3 is 24.8 Å². The molecule has 43 heavy (non-hydrogen) atoms. The van der Waals surface area contributed by atoms with Crippen molar-refractivity contribution in [2.75, 3.05) is 43.3 Å².